The summed E-state index contributed by atoms with van der Waals surface area (Å²) in [6.07, 6.45) is 12.9. The lowest BCUT2D eigenvalue weighted by Gasteiger charge is -2.42. The molecule has 2 atom stereocenters. The first kappa shape index (κ1) is 22.3. The lowest BCUT2D eigenvalue weighted by molar-refractivity contribution is -0.142. The van der Waals surface area contributed by atoms with Crippen LogP contribution >= 0.6 is 0 Å². The lowest BCUT2D eigenvalue weighted by Crippen LogP contribution is -2.54. The Kier molecular flexibility index (Phi) is 7.03. The van der Waals surface area contributed by atoms with Crippen LogP contribution in [-0.4, -0.2) is 41.3 Å². The maximum atomic E-state index is 13.3. The first-order valence-electron chi connectivity index (χ1n) is 11.8. The second-order valence-electron chi connectivity index (χ2n) is 9.14. The summed E-state index contributed by atoms with van der Waals surface area (Å²) in [6, 6.07) is 12.4. The zero-order valence-corrected chi connectivity index (χ0v) is 18.9. The quantitative estimate of drug-likeness (QED) is 0.661. The van der Waals surface area contributed by atoms with Gasteiger partial charge >= 0.3 is 0 Å². The molecule has 1 saturated heterocycles. The van der Waals surface area contributed by atoms with Gasteiger partial charge in [-0.2, -0.15) is 0 Å². The Hall–Kier alpha value is -2.95. The molecule has 5 nitrogen and oxygen atoms in total. The van der Waals surface area contributed by atoms with Crippen molar-refractivity contribution >= 4 is 11.8 Å². The number of hydrogen-bond donors (Lipinski definition) is 1. The molecular formula is C27H33N3O2. The number of carbonyl (C=O) groups is 2. The van der Waals surface area contributed by atoms with E-state index in [1.165, 1.54) is 0 Å². The number of nitrogens with one attached hydrogen (secondary N) is 1. The normalized spacial score (nSPS) is 22.7. The highest BCUT2D eigenvalue weighted by molar-refractivity contribution is 5.85. The minimum Gasteiger partial charge on any atom is -0.356 e. The molecule has 0 radical (unpaired) electrons. The number of likely N-dealkylation sites (tertiary alicyclic amines) is 1. The molecule has 1 aliphatic heterocycles. The van der Waals surface area contributed by atoms with Crippen molar-refractivity contribution in [2.45, 2.75) is 45.4 Å². The van der Waals surface area contributed by atoms with Gasteiger partial charge in [0.1, 0.15) is 0 Å². The van der Waals surface area contributed by atoms with Crippen molar-refractivity contribution < 1.29 is 9.59 Å². The van der Waals surface area contributed by atoms with E-state index in [0.717, 1.165) is 48.9 Å². The van der Waals surface area contributed by atoms with Gasteiger partial charge in [0.05, 0.1) is 5.41 Å². The van der Waals surface area contributed by atoms with Crippen molar-refractivity contribution in [2.75, 3.05) is 19.6 Å². The van der Waals surface area contributed by atoms with E-state index in [0.29, 0.717) is 31.8 Å². The number of carbonyl (C=O) groups excluding carboxylic acids is 2. The monoisotopic (exact) mass is 431 g/mol. The molecule has 1 aromatic heterocycles. The molecule has 2 aromatic rings. The predicted molar refractivity (Wildman–Crippen MR) is 127 cm³/mol. The zero-order valence-electron chi connectivity index (χ0n) is 18.9. The van der Waals surface area contributed by atoms with E-state index in [1.807, 2.05) is 24.0 Å². The molecule has 2 heterocycles. The van der Waals surface area contributed by atoms with Gasteiger partial charge in [0, 0.05) is 38.4 Å². The van der Waals surface area contributed by atoms with Crippen molar-refractivity contribution in [3.63, 3.8) is 0 Å². The molecular weight excluding hydrogens is 398 g/mol. The van der Waals surface area contributed by atoms with E-state index in [2.05, 4.69) is 46.7 Å². The number of allylic oxidation sites excluding steroid dienone is 2. The summed E-state index contributed by atoms with van der Waals surface area (Å²) in [5.41, 5.74) is 2.76. The molecule has 0 bridgehead atoms. The van der Waals surface area contributed by atoms with Crippen LogP contribution in [0.15, 0.2) is 60.9 Å². The van der Waals surface area contributed by atoms with Crippen LogP contribution in [0.2, 0.25) is 0 Å². The van der Waals surface area contributed by atoms with Gasteiger partial charge in [-0.05, 0) is 73.8 Å². The van der Waals surface area contributed by atoms with Crippen LogP contribution in [-0.2, 0) is 16.0 Å². The van der Waals surface area contributed by atoms with Crippen LogP contribution in [0.1, 0.15) is 44.6 Å². The van der Waals surface area contributed by atoms with E-state index in [9.17, 15) is 9.59 Å². The highest BCUT2D eigenvalue weighted by atomic mass is 16.2. The fourth-order valence-corrected chi connectivity index (χ4v) is 5.12. The number of aromatic nitrogens is 1. The Morgan fingerprint density at radius 2 is 2.03 bits per heavy atom. The molecule has 1 aromatic carbocycles. The number of benzene rings is 1. The minimum atomic E-state index is -0.591. The molecule has 2 amide bonds. The molecule has 2 aliphatic rings. The Morgan fingerprint density at radius 1 is 1.19 bits per heavy atom. The number of piperidine rings is 1. The van der Waals surface area contributed by atoms with Crippen molar-refractivity contribution in [1.29, 1.82) is 0 Å². The average molecular weight is 432 g/mol. The first-order valence-corrected chi connectivity index (χ1v) is 11.8. The second-order valence-corrected chi connectivity index (χ2v) is 9.14. The van der Waals surface area contributed by atoms with Gasteiger partial charge in [-0.1, -0.05) is 36.4 Å². The number of rotatable bonds is 7. The molecule has 1 aliphatic carbocycles. The van der Waals surface area contributed by atoms with E-state index < -0.39 is 5.41 Å². The van der Waals surface area contributed by atoms with Crippen LogP contribution in [0.25, 0.3) is 11.1 Å². The Labute approximate surface area is 190 Å². The van der Waals surface area contributed by atoms with Crippen LogP contribution in [0.4, 0.5) is 0 Å². The van der Waals surface area contributed by atoms with Crippen molar-refractivity contribution in [3.8, 4) is 11.1 Å². The maximum Gasteiger partial charge on any atom is 0.228 e. The number of amides is 2. The number of pyridine rings is 1. The van der Waals surface area contributed by atoms with Gasteiger partial charge in [-0.15, -0.1) is 0 Å². The predicted octanol–water partition coefficient (Wildman–Crippen LogP) is 4.39. The highest BCUT2D eigenvalue weighted by Crippen LogP contribution is 2.36. The van der Waals surface area contributed by atoms with Crippen molar-refractivity contribution in [2.24, 2.45) is 11.3 Å². The Bertz CT molecular complexity index is 972. The minimum absolute atomic E-state index is 0.0626. The van der Waals surface area contributed by atoms with Gasteiger partial charge in [-0.3, -0.25) is 14.6 Å². The van der Waals surface area contributed by atoms with Gasteiger partial charge in [0.15, 0.2) is 0 Å². The molecule has 0 saturated carbocycles. The van der Waals surface area contributed by atoms with Gasteiger partial charge in [0.2, 0.25) is 11.8 Å². The molecule has 4 rings (SSSR count). The third-order valence-electron chi connectivity index (χ3n) is 6.78. The fourth-order valence-electron chi connectivity index (χ4n) is 5.12. The second kappa shape index (κ2) is 10.1. The molecule has 0 unspecified atom stereocenters. The summed E-state index contributed by atoms with van der Waals surface area (Å²) >= 11 is 0. The summed E-state index contributed by atoms with van der Waals surface area (Å²) in [6.45, 7) is 3.79. The smallest absolute Gasteiger partial charge is 0.228 e. The summed E-state index contributed by atoms with van der Waals surface area (Å²) in [5.74, 6) is 0.591. The molecule has 1 N–H and O–H groups in total. The van der Waals surface area contributed by atoms with E-state index in [1.54, 1.807) is 12.4 Å². The summed E-state index contributed by atoms with van der Waals surface area (Å²) in [7, 11) is 0. The number of hydrogen-bond acceptors (Lipinski definition) is 3. The van der Waals surface area contributed by atoms with Gasteiger partial charge in [-0.25, -0.2) is 0 Å². The van der Waals surface area contributed by atoms with Gasteiger partial charge in [0.25, 0.3) is 0 Å². The topological polar surface area (TPSA) is 62.3 Å². The van der Waals surface area contributed by atoms with Crippen LogP contribution in [0, 0.1) is 11.3 Å². The summed E-state index contributed by atoms with van der Waals surface area (Å²) in [5, 5.41) is 3.06. The first-order chi connectivity index (χ1) is 15.6. The van der Waals surface area contributed by atoms with Crippen LogP contribution < -0.4 is 5.32 Å². The van der Waals surface area contributed by atoms with Gasteiger partial charge < -0.3 is 10.2 Å². The largest absolute Gasteiger partial charge is 0.356 e. The summed E-state index contributed by atoms with van der Waals surface area (Å²) < 4.78 is 0. The van der Waals surface area contributed by atoms with Crippen LogP contribution in [0.5, 0.6) is 0 Å². The zero-order chi connectivity index (χ0) is 22.4. The van der Waals surface area contributed by atoms with E-state index in [-0.39, 0.29) is 11.8 Å². The lowest BCUT2D eigenvalue weighted by atomic mass is 9.73. The number of nitrogens with zero attached hydrogens (tertiary/aromatic N) is 2. The van der Waals surface area contributed by atoms with Crippen LogP contribution in [0.3, 0.4) is 0 Å². The van der Waals surface area contributed by atoms with E-state index >= 15 is 0 Å². The Balaban J connectivity index is 1.56. The SMILES string of the molecule is CCNC(=O)[C@@]1(Cc2cccc(-c3ccncc3)c2)CCCN(C(=O)C[C@H]2C=CCC2)C1. The summed E-state index contributed by atoms with van der Waals surface area (Å²) in [4.78, 5) is 32.4. The molecule has 168 valence electrons. The highest BCUT2D eigenvalue weighted by Gasteiger charge is 2.43. The van der Waals surface area contributed by atoms with E-state index in [4.69, 9.17) is 0 Å². The maximum absolute atomic E-state index is 13.3. The van der Waals surface area contributed by atoms with Crippen molar-refractivity contribution in [3.05, 3.63) is 66.5 Å². The Morgan fingerprint density at radius 3 is 2.78 bits per heavy atom. The fraction of sp³-hybridized carbons (Fsp3) is 0.444. The third-order valence-corrected chi connectivity index (χ3v) is 6.78. The standard InChI is InChI=1S/C27H33N3O2/c1-2-29-26(32)27(13-6-16-30(20-27)25(31)18-21-7-3-4-8-21)19-22-9-5-10-24(17-22)23-11-14-28-15-12-23/h3,5,7,9-12,14-15,17,21H,2,4,6,8,13,16,18-20H2,1H3,(H,29,32)/t21-,27+/m0/s1. The molecule has 1 fully saturated rings. The third kappa shape index (κ3) is 5.09. The van der Waals surface area contributed by atoms with Crippen molar-refractivity contribution in [1.82, 2.24) is 15.2 Å². The molecule has 32 heavy (non-hydrogen) atoms. The average Bonchev–Trinajstić information content (AvgIpc) is 3.33. The molecule has 0 spiro atoms. The molecule has 5 heteroatoms.